The predicted octanol–water partition coefficient (Wildman–Crippen LogP) is 3.26. The second kappa shape index (κ2) is 11.8. The summed E-state index contributed by atoms with van der Waals surface area (Å²) in [6, 6.07) is 26.6. The minimum atomic E-state index is -0.581. The molecule has 1 aromatic heterocycles. The van der Waals surface area contributed by atoms with Crippen molar-refractivity contribution in [3.05, 3.63) is 95.6 Å². The summed E-state index contributed by atoms with van der Waals surface area (Å²) in [7, 11) is 0. The summed E-state index contributed by atoms with van der Waals surface area (Å²) in [5, 5.41) is 20.6. The van der Waals surface area contributed by atoms with Crippen LogP contribution in [0.25, 0.3) is 0 Å². The number of amides is 1. The Hall–Kier alpha value is -4.28. The number of benzene rings is 3. The highest BCUT2D eigenvalue weighted by atomic mass is 16.5. The summed E-state index contributed by atoms with van der Waals surface area (Å²) >= 11 is 0. The standard InChI is InChI=1S/C28H32N8O2/c1-2-24(38-23-15-9-14-21(27(29)37)26(23)31-28-32-34-35-33-28)36-17-16-30-18-22(36)25(19-10-5-3-6-11-19)20-12-7-4-8-13-20/h3-15,22,24-25,30H,2,16-18H2,1H3,(H2,29,37)(H2,31,32,33,34,35). The first-order valence-electron chi connectivity index (χ1n) is 12.8. The number of rotatable bonds is 10. The highest BCUT2D eigenvalue weighted by Gasteiger charge is 2.36. The van der Waals surface area contributed by atoms with E-state index in [0.29, 0.717) is 11.4 Å². The number of aromatic nitrogens is 4. The Labute approximate surface area is 221 Å². The zero-order valence-corrected chi connectivity index (χ0v) is 21.2. The van der Waals surface area contributed by atoms with Crippen molar-refractivity contribution in [1.29, 1.82) is 0 Å². The monoisotopic (exact) mass is 512 g/mol. The van der Waals surface area contributed by atoms with Gasteiger partial charge < -0.3 is 21.1 Å². The number of para-hydroxylation sites is 1. The van der Waals surface area contributed by atoms with Crippen LogP contribution in [0, 0.1) is 0 Å². The van der Waals surface area contributed by atoms with Crippen molar-refractivity contribution < 1.29 is 9.53 Å². The van der Waals surface area contributed by atoms with Gasteiger partial charge in [0, 0.05) is 31.6 Å². The van der Waals surface area contributed by atoms with Crippen LogP contribution in [0.4, 0.5) is 11.6 Å². The van der Waals surface area contributed by atoms with Crippen molar-refractivity contribution in [2.24, 2.45) is 5.73 Å². The Kier molecular flexibility index (Phi) is 7.91. The lowest BCUT2D eigenvalue weighted by molar-refractivity contribution is -0.0233. The van der Waals surface area contributed by atoms with Crippen molar-refractivity contribution >= 4 is 17.5 Å². The molecule has 196 valence electrons. The minimum absolute atomic E-state index is 0.131. The highest BCUT2D eigenvalue weighted by molar-refractivity contribution is 6.00. The van der Waals surface area contributed by atoms with Crippen molar-refractivity contribution in [2.75, 3.05) is 25.0 Å². The number of ether oxygens (including phenoxy) is 1. The lowest BCUT2D eigenvalue weighted by Crippen LogP contribution is -2.58. The van der Waals surface area contributed by atoms with Crippen LogP contribution in [0.3, 0.4) is 0 Å². The fourth-order valence-electron chi connectivity index (χ4n) is 5.19. The summed E-state index contributed by atoms with van der Waals surface area (Å²) in [4.78, 5) is 14.7. The van der Waals surface area contributed by atoms with Gasteiger partial charge in [0.05, 0.1) is 11.3 Å². The number of hydrogen-bond acceptors (Lipinski definition) is 8. The van der Waals surface area contributed by atoms with Crippen LogP contribution in [0.5, 0.6) is 5.75 Å². The number of anilines is 2. The summed E-state index contributed by atoms with van der Waals surface area (Å²) in [6.07, 6.45) is 0.473. The molecule has 10 nitrogen and oxygen atoms in total. The van der Waals surface area contributed by atoms with Crippen LogP contribution in [0.2, 0.25) is 0 Å². The van der Waals surface area contributed by atoms with Crippen LogP contribution < -0.4 is 21.1 Å². The molecule has 0 radical (unpaired) electrons. The molecule has 38 heavy (non-hydrogen) atoms. The van der Waals surface area contributed by atoms with E-state index in [1.54, 1.807) is 12.1 Å². The average molecular weight is 513 g/mol. The minimum Gasteiger partial charge on any atom is -0.473 e. The van der Waals surface area contributed by atoms with E-state index in [-0.39, 0.29) is 29.7 Å². The van der Waals surface area contributed by atoms with Gasteiger partial charge in [0.2, 0.25) is 0 Å². The van der Waals surface area contributed by atoms with Crippen LogP contribution in [-0.4, -0.2) is 63.3 Å². The van der Waals surface area contributed by atoms with Gasteiger partial charge in [0.15, 0.2) is 6.23 Å². The van der Waals surface area contributed by atoms with Gasteiger partial charge in [0.25, 0.3) is 11.9 Å². The molecule has 3 aromatic carbocycles. The third-order valence-electron chi connectivity index (χ3n) is 6.88. The summed E-state index contributed by atoms with van der Waals surface area (Å²) in [5.41, 5.74) is 8.89. The van der Waals surface area contributed by atoms with Gasteiger partial charge in [-0.2, -0.15) is 5.21 Å². The molecule has 0 saturated carbocycles. The van der Waals surface area contributed by atoms with Gasteiger partial charge >= 0.3 is 0 Å². The third-order valence-corrected chi connectivity index (χ3v) is 6.88. The number of carbonyl (C=O) groups is 1. The zero-order chi connectivity index (χ0) is 26.3. The number of nitrogens with zero attached hydrogens (tertiary/aromatic N) is 4. The molecule has 1 saturated heterocycles. The number of hydrogen-bond donors (Lipinski definition) is 4. The lowest BCUT2D eigenvalue weighted by atomic mass is 9.83. The zero-order valence-electron chi connectivity index (χ0n) is 21.2. The fourth-order valence-corrected chi connectivity index (χ4v) is 5.19. The molecular formula is C28H32N8O2. The maximum Gasteiger partial charge on any atom is 0.267 e. The van der Waals surface area contributed by atoms with Crippen LogP contribution in [0.1, 0.15) is 40.7 Å². The number of nitrogens with one attached hydrogen (secondary N) is 3. The molecule has 1 fully saturated rings. The molecule has 0 aliphatic carbocycles. The first kappa shape index (κ1) is 25.4. The molecule has 0 bridgehead atoms. The van der Waals surface area contributed by atoms with E-state index >= 15 is 0 Å². The van der Waals surface area contributed by atoms with E-state index in [1.165, 1.54) is 11.1 Å². The molecule has 5 N–H and O–H groups in total. The number of aromatic amines is 1. The summed E-state index contributed by atoms with van der Waals surface area (Å²) in [5.74, 6) is 0.260. The van der Waals surface area contributed by atoms with Gasteiger partial charge in [-0.15, -0.1) is 5.10 Å². The van der Waals surface area contributed by atoms with Crippen molar-refractivity contribution in [2.45, 2.75) is 31.5 Å². The van der Waals surface area contributed by atoms with Crippen LogP contribution in [-0.2, 0) is 0 Å². The van der Waals surface area contributed by atoms with Gasteiger partial charge in [-0.1, -0.05) is 78.8 Å². The number of piperazine rings is 1. The van der Waals surface area contributed by atoms with Crippen molar-refractivity contribution in [3.8, 4) is 5.75 Å². The lowest BCUT2D eigenvalue weighted by Gasteiger charge is -2.45. The third kappa shape index (κ3) is 5.51. The fraction of sp³-hybridized carbons (Fsp3) is 0.286. The Morgan fingerprint density at radius 1 is 1.08 bits per heavy atom. The number of nitrogens with two attached hydrogens (primary N) is 1. The average Bonchev–Trinajstić information content (AvgIpc) is 3.47. The molecule has 2 atom stereocenters. The van der Waals surface area contributed by atoms with Crippen molar-refractivity contribution in [1.82, 2.24) is 30.8 Å². The first-order valence-corrected chi connectivity index (χ1v) is 12.8. The van der Waals surface area contributed by atoms with Gasteiger partial charge in [-0.25, -0.2) is 0 Å². The van der Waals surface area contributed by atoms with E-state index in [4.69, 9.17) is 10.5 Å². The van der Waals surface area contributed by atoms with E-state index in [9.17, 15) is 4.79 Å². The normalized spacial score (nSPS) is 16.7. The molecule has 1 aliphatic rings. The Balaban J connectivity index is 1.50. The van der Waals surface area contributed by atoms with Gasteiger partial charge in [-0.3, -0.25) is 9.69 Å². The predicted molar refractivity (Wildman–Crippen MR) is 145 cm³/mol. The summed E-state index contributed by atoms with van der Waals surface area (Å²) in [6.45, 7) is 4.57. The Morgan fingerprint density at radius 2 is 1.79 bits per heavy atom. The number of tetrazole rings is 1. The molecular weight excluding hydrogens is 480 g/mol. The van der Waals surface area contributed by atoms with E-state index < -0.39 is 5.91 Å². The molecule has 1 aliphatic heterocycles. The maximum atomic E-state index is 12.3. The van der Waals surface area contributed by atoms with E-state index in [2.05, 4.69) is 91.6 Å². The molecule has 1 amide bonds. The van der Waals surface area contributed by atoms with Gasteiger partial charge in [0.1, 0.15) is 5.75 Å². The maximum absolute atomic E-state index is 12.3. The van der Waals surface area contributed by atoms with Crippen molar-refractivity contribution in [3.63, 3.8) is 0 Å². The second-order valence-electron chi connectivity index (χ2n) is 9.19. The van der Waals surface area contributed by atoms with Crippen LogP contribution in [0.15, 0.2) is 78.9 Å². The SMILES string of the molecule is CCC(Oc1cccc(C(N)=O)c1Nc1nn[nH]n1)N1CCNCC1C(c1ccccc1)c1ccccc1. The Bertz CT molecular complexity index is 1280. The smallest absolute Gasteiger partial charge is 0.267 e. The van der Waals surface area contributed by atoms with E-state index in [1.807, 2.05) is 18.2 Å². The summed E-state index contributed by atoms with van der Waals surface area (Å²) < 4.78 is 6.67. The molecule has 2 heterocycles. The number of carbonyl (C=O) groups excluding carboxylic acids is 1. The topological polar surface area (TPSA) is 134 Å². The molecule has 10 heteroatoms. The quantitative estimate of drug-likeness (QED) is 0.254. The molecule has 5 rings (SSSR count). The molecule has 2 unspecified atom stereocenters. The second-order valence-corrected chi connectivity index (χ2v) is 9.19. The number of H-pyrrole nitrogens is 1. The molecule has 0 spiro atoms. The van der Waals surface area contributed by atoms with Gasteiger partial charge in [-0.05, 0) is 34.9 Å². The first-order chi connectivity index (χ1) is 18.7. The Morgan fingerprint density at radius 3 is 2.39 bits per heavy atom. The highest BCUT2D eigenvalue weighted by Crippen LogP contribution is 2.36. The largest absolute Gasteiger partial charge is 0.473 e. The van der Waals surface area contributed by atoms with Crippen LogP contribution >= 0.6 is 0 Å². The molecule has 4 aromatic rings. The number of primary amides is 1. The van der Waals surface area contributed by atoms with E-state index in [0.717, 1.165) is 26.1 Å².